The van der Waals surface area contributed by atoms with E-state index in [4.69, 9.17) is 14.2 Å². The Labute approximate surface area is 332 Å². The Balaban J connectivity index is 1.33. The van der Waals surface area contributed by atoms with Crippen LogP contribution < -0.4 is 0 Å². The van der Waals surface area contributed by atoms with Crippen LogP contribution in [0.4, 0.5) is 4.79 Å². The number of carbonyl (C=O) groups excluding carboxylic acids is 1. The highest BCUT2D eigenvalue weighted by Crippen LogP contribution is 2.41. The molecule has 0 saturated carbocycles. The molecule has 1 amide bonds. The lowest BCUT2D eigenvalue weighted by atomic mass is 9.99. The summed E-state index contributed by atoms with van der Waals surface area (Å²) in [6, 6.07) is 9.89. The molecule has 2 heterocycles. The number of nitrogens with zero attached hydrogens (tertiary/aromatic N) is 1. The van der Waals surface area contributed by atoms with Crippen LogP contribution in [-0.2, 0) is 20.8 Å². The summed E-state index contributed by atoms with van der Waals surface area (Å²) in [5.74, 6) is -0.556. The Kier molecular flexibility index (Phi) is 25.9. The van der Waals surface area contributed by atoms with E-state index in [9.17, 15) is 4.79 Å². The fourth-order valence-corrected chi connectivity index (χ4v) is 7.61. The summed E-state index contributed by atoms with van der Waals surface area (Å²) < 4.78 is 19.3. The standard InChI is InChI=1S/C49H79NO4/c1-3-5-7-9-11-13-15-17-19-21-23-25-27-29-34-38-46-47(39-35-30-28-26-24-22-20-18-16-14-12-10-8-6-4-2)54-49(53-46)40-42-50(43-41-49)48(51)52-44-45-36-32-31-33-37-45/h11-14,17-20,31-33,36-37,46-47H,3-10,15-16,21-30,34-35,38-44H2,1-2H3/b13-11-,14-12-,19-17-,20-18-. The zero-order valence-electron chi connectivity index (χ0n) is 34.7. The van der Waals surface area contributed by atoms with Crippen molar-refractivity contribution in [2.45, 2.75) is 205 Å². The van der Waals surface area contributed by atoms with Gasteiger partial charge in [0.25, 0.3) is 0 Å². The molecule has 1 aromatic carbocycles. The zero-order valence-corrected chi connectivity index (χ0v) is 34.7. The minimum atomic E-state index is -0.556. The molecular formula is C49H79NO4. The van der Waals surface area contributed by atoms with Crippen LogP contribution in [0.1, 0.15) is 186 Å². The second-order valence-corrected chi connectivity index (χ2v) is 15.8. The van der Waals surface area contributed by atoms with Crippen LogP contribution in [0.3, 0.4) is 0 Å². The second kappa shape index (κ2) is 30.6. The Morgan fingerprint density at radius 2 is 1.04 bits per heavy atom. The highest BCUT2D eigenvalue weighted by atomic mass is 16.8. The molecule has 0 bridgehead atoms. The number of ether oxygens (including phenoxy) is 3. The predicted molar refractivity (Wildman–Crippen MR) is 229 cm³/mol. The van der Waals surface area contributed by atoms with Crippen molar-refractivity contribution in [2.75, 3.05) is 13.1 Å². The lowest BCUT2D eigenvalue weighted by Crippen LogP contribution is -2.47. The van der Waals surface area contributed by atoms with Crippen LogP contribution in [-0.4, -0.2) is 42.1 Å². The fraction of sp³-hybridized carbons (Fsp3) is 0.694. The van der Waals surface area contributed by atoms with Gasteiger partial charge in [-0.25, -0.2) is 4.79 Å². The summed E-state index contributed by atoms with van der Waals surface area (Å²) in [4.78, 5) is 14.7. The van der Waals surface area contributed by atoms with Crippen molar-refractivity contribution in [3.05, 3.63) is 84.5 Å². The Morgan fingerprint density at radius 1 is 0.611 bits per heavy atom. The van der Waals surface area contributed by atoms with E-state index in [1.54, 1.807) is 0 Å². The van der Waals surface area contributed by atoms with E-state index in [1.807, 2.05) is 35.2 Å². The third-order valence-electron chi connectivity index (χ3n) is 11.0. The van der Waals surface area contributed by atoms with Gasteiger partial charge in [-0.3, -0.25) is 0 Å². The van der Waals surface area contributed by atoms with Gasteiger partial charge in [-0.15, -0.1) is 0 Å². The van der Waals surface area contributed by atoms with Gasteiger partial charge in [0, 0.05) is 25.9 Å². The topological polar surface area (TPSA) is 48.0 Å². The van der Waals surface area contributed by atoms with Crippen molar-refractivity contribution < 1.29 is 19.0 Å². The van der Waals surface area contributed by atoms with E-state index in [2.05, 4.69) is 62.5 Å². The highest BCUT2D eigenvalue weighted by Gasteiger charge is 2.49. The number of carbonyl (C=O) groups is 1. The number of amides is 1. The summed E-state index contributed by atoms with van der Waals surface area (Å²) in [6.45, 7) is 6.05. The van der Waals surface area contributed by atoms with Crippen LogP contribution >= 0.6 is 0 Å². The molecular weight excluding hydrogens is 667 g/mol. The van der Waals surface area contributed by atoms with E-state index in [-0.39, 0.29) is 18.3 Å². The number of unbranched alkanes of at least 4 members (excludes halogenated alkanes) is 16. The first-order valence-corrected chi connectivity index (χ1v) is 22.6. The van der Waals surface area contributed by atoms with E-state index >= 15 is 0 Å². The third kappa shape index (κ3) is 20.9. The Bertz CT molecular complexity index is 1110. The molecule has 5 heteroatoms. The van der Waals surface area contributed by atoms with Crippen LogP contribution in [0.2, 0.25) is 0 Å². The second-order valence-electron chi connectivity index (χ2n) is 15.8. The van der Waals surface area contributed by atoms with Gasteiger partial charge < -0.3 is 19.1 Å². The molecule has 2 saturated heterocycles. The number of likely N-dealkylation sites (tertiary alicyclic amines) is 1. The summed E-state index contributed by atoms with van der Waals surface area (Å²) in [6.07, 6.45) is 49.9. The molecule has 0 radical (unpaired) electrons. The first kappa shape index (κ1) is 45.8. The van der Waals surface area contributed by atoms with Gasteiger partial charge in [0.1, 0.15) is 6.61 Å². The lowest BCUT2D eigenvalue weighted by molar-refractivity contribution is -0.200. The molecule has 2 fully saturated rings. The molecule has 2 aliphatic heterocycles. The molecule has 5 nitrogen and oxygen atoms in total. The molecule has 0 N–H and O–H groups in total. The van der Waals surface area contributed by atoms with Crippen molar-refractivity contribution in [3.63, 3.8) is 0 Å². The third-order valence-corrected chi connectivity index (χ3v) is 11.0. The predicted octanol–water partition coefficient (Wildman–Crippen LogP) is 14.5. The molecule has 1 spiro atoms. The number of benzene rings is 1. The van der Waals surface area contributed by atoms with E-state index < -0.39 is 5.79 Å². The number of rotatable bonds is 30. The maximum absolute atomic E-state index is 12.8. The smallest absolute Gasteiger partial charge is 0.410 e. The van der Waals surface area contributed by atoms with Crippen LogP contribution in [0.25, 0.3) is 0 Å². The first-order valence-electron chi connectivity index (χ1n) is 22.6. The highest BCUT2D eigenvalue weighted by molar-refractivity contribution is 5.67. The van der Waals surface area contributed by atoms with Crippen LogP contribution in [0.5, 0.6) is 0 Å². The van der Waals surface area contributed by atoms with Gasteiger partial charge >= 0.3 is 6.09 Å². The molecule has 304 valence electrons. The van der Waals surface area contributed by atoms with E-state index in [0.29, 0.717) is 32.5 Å². The van der Waals surface area contributed by atoms with Crippen molar-refractivity contribution >= 4 is 6.09 Å². The number of allylic oxidation sites excluding steroid dienone is 8. The van der Waals surface area contributed by atoms with E-state index in [1.165, 1.54) is 128 Å². The van der Waals surface area contributed by atoms with Gasteiger partial charge in [-0.1, -0.05) is 170 Å². The average molecular weight is 746 g/mol. The molecule has 3 rings (SSSR count). The largest absolute Gasteiger partial charge is 0.445 e. The quantitative estimate of drug-likeness (QED) is 0.0581. The van der Waals surface area contributed by atoms with Crippen molar-refractivity contribution in [1.29, 1.82) is 0 Å². The normalized spacial score (nSPS) is 18.7. The summed E-state index contributed by atoms with van der Waals surface area (Å²) in [7, 11) is 0. The van der Waals surface area contributed by atoms with Crippen molar-refractivity contribution in [3.8, 4) is 0 Å². The molecule has 2 atom stereocenters. The van der Waals surface area contributed by atoms with Gasteiger partial charge in [-0.2, -0.15) is 0 Å². The summed E-state index contributed by atoms with van der Waals surface area (Å²) in [5, 5.41) is 0. The summed E-state index contributed by atoms with van der Waals surface area (Å²) in [5.41, 5.74) is 1.01. The Hall–Kier alpha value is -2.63. The lowest BCUT2D eigenvalue weighted by Gasteiger charge is -2.37. The monoisotopic (exact) mass is 746 g/mol. The molecule has 2 aliphatic rings. The summed E-state index contributed by atoms with van der Waals surface area (Å²) >= 11 is 0. The molecule has 0 aromatic heterocycles. The van der Waals surface area contributed by atoms with Gasteiger partial charge in [0.05, 0.1) is 12.2 Å². The zero-order chi connectivity index (χ0) is 38.2. The number of hydrogen-bond donors (Lipinski definition) is 0. The SMILES string of the molecule is CCCCC/C=C\C/C=C\CCCCCCCC1OC2(CCN(C(=O)OCc3ccccc3)CC2)OC1CCCCCCC/C=C\C/C=C\CCCCC. The first-order chi connectivity index (χ1) is 26.7. The maximum Gasteiger partial charge on any atom is 0.410 e. The van der Waals surface area contributed by atoms with Crippen LogP contribution in [0.15, 0.2) is 78.9 Å². The fourth-order valence-electron chi connectivity index (χ4n) is 7.61. The van der Waals surface area contributed by atoms with Crippen LogP contribution in [0, 0.1) is 0 Å². The number of piperidine rings is 1. The maximum atomic E-state index is 12.8. The minimum absolute atomic E-state index is 0.158. The van der Waals surface area contributed by atoms with Crippen molar-refractivity contribution in [1.82, 2.24) is 4.90 Å². The molecule has 1 aromatic rings. The molecule has 0 aliphatic carbocycles. The molecule has 2 unspecified atom stereocenters. The van der Waals surface area contributed by atoms with Crippen molar-refractivity contribution in [2.24, 2.45) is 0 Å². The van der Waals surface area contributed by atoms with E-state index in [0.717, 1.165) is 31.2 Å². The number of hydrogen-bond acceptors (Lipinski definition) is 4. The average Bonchev–Trinajstić information content (AvgIpc) is 3.53. The molecule has 54 heavy (non-hydrogen) atoms. The Morgan fingerprint density at radius 3 is 1.50 bits per heavy atom. The van der Waals surface area contributed by atoms with Gasteiger partial charge in [0.15, 0.2) is 5.79 Å². The van der Waals surface area contributed by atoms with Gasteiger partial charge in [0.2, 0.25) is 0 Å². The van der Waals surface area contributed by atoms with Gasteiger partial charge in [-0.05, 0) is 82.6 Å². The minimum Gasteiger partial charge on any atom is -0.445 e.